The summed E-state index contributed by atoms with van der Waals surface area (Å²) >= 11 is 0. The lowest BCUT2D eigenvalue weighted by atomic mass is 10.0. The lowest BCUT2D eigenvalue weighted by Crippen LogP contribution is -2.23. The molecule has 0 amide bonds. The van der Waals surface area contributed by atoms with E-state index in [2.05, 4.69) is 5.32 Å². The number of hydrogen-bond acceptors (Lipinski definition) is 5. The molecular formula is C13H17NO4. The molecule has 1 aromatic carbocycles. The van der Waals surface area contributed by atoms with E-state index in [4.69, 9.17) is 14.2 Å². The second-order valence-corrected chi connectivity index (χ2v) is 4.01. The first-order valence-electron chi connectivity index (χ1n) is 5.86. The largest absolute Gasteiger partial charge is 0.486 e. The molecule has 1 N–H and O–H groups in total. The van der Waals surface area contributed by atoms with Crippen LogP contribution in [0.25, 0.3) is 0 Å². The Balaban J connectivity index is 2.40. The second-order valence-electron chi connectivity index (χ2n) is 4.01. The summed E-state index contributed by atoms with van der Waals surface area (Å²) in [6.45, 7) is 1.67. The highest BCUT2D eigenvalue weighted by molar-refractivity contribution is 6.01. The molecule has 0 aliphatic carbocycles. The van der Waals surface area contributed by atoms with Crippen molar-refractivity contribution >= 4 is 5.78 Å². The van der Waals surface area contributed by atoms with Crippen molar-refractivity contribution in [2.24, 2.45) is 0 Å². The van der Waals surface area contributed by atoms with E-state index in [1.54, 1.807) is 20.2 Å². The molecule has 0 fully saturated rings. The highest BCUT2D eigenvalue weighted by Crippen LogP contribution is 2.37. The monoisotopic (exact) mass is 251 g/mol. The van der Waals surface area contributed by atoms with E-state index in [9.17, 15) is 4.79 Å². The molecule has 0 aromatic heterocycles. The van der Waals surface area contributed by atoms with E-state index < -0.39 is 0 Å². The predicted molar refractivity (Wildman–Crippen MR) is 66.4 cm³/mol. The van der Waals surface area contributed by atoms with Crippen LogP contribution in [0.15, 0.2) is 12.1 Å². The normalized spacial score (nSPS) is 13.4. The number of carbonyl (C=O) groups is 1. The van der Waals surface area contributed by atoms with Crippen molar-refractivity contribution in [2.75, 3.05) is 33.9 Å². The van der Waals surface area contributed by atoms with Gasteiger partial charge in [-0.1, -0.05) is 6.07 Å². The number of likely N-dealkylation sites (N-methyl/N-ethyl adjacent to an activating group) is 1. The number of Topliss-reactive ketones (excluding diaryl/α,β-unsaturated/α-hetero) is 1. The van der Waals surface area contributed by atoms with Gasteiger partial charge in [0.25, 0.3) is 0 Å². The zero-order valence-electron chi connectivity index (χ0n) is 10.6. The van der Waals surface area contributed by atoms with Crippen LogP contribution >= 0.6 is 0 Å². The van der Waals surface area contributed by atoms with Gasteiger partial charge < -0.3 is 19.5 Å². The van der Waals surface area contributed by atoms with Crippen molar-refractivity contribution in [1.29, 1.82) is 0 Å². The molecule has 0 saturated heterocycles. The fraction of sp³-hybridized carbons (Fsp3) is 0.462. The average molecular weight is 251 g/mol. The minimum atomic E-state index is -0.0109. The Morgan fingerprint density at radius 1 is 1.33 bits per heavy atom. The first kappa shape index (κ1) is 12.9. The molecule has 0 radical (unpaired) electrons. The molecule has 1 aliphatic heterocycles. The summed E-state index contributed by atoms with van der Waals surface area (Å²) in [5.74, 6) is 1.16. The van der Waals surface area contributed by atoms with Gasteiger partial charge in [0, 0.05) is 12.7 Å². The molecular weight excluding hydrogens is 234 g/mol. The third-order valence-electron chi connectivity index (χ3n) is 2.71. The van der Waals surface area contributed by atoms with Crippen molar-refractivity contribution in [2.45, 2.75) is 6.61 Å². The molecule has 1 aliphatic rings. The fourth-order valence-corrected chi connectivity index (χ4v) is 1.94. The molecule has 0 saturated carbocycles. The topological polar surface area (TPSA) is 56.8 Å². The third kappa shape index (κ3) is 2.47. The third-order valence-corrected chi connectivity index (χ3v) is 2.71. The van der Waals surface area contributed by atoms with E-state index in [-0.39, 0.29) is 12.3 Å². The van der Waals surface area contributed by atoms with Crippen LogP contribution in [0.2, 0.25) is 0 Å². The van der Waals surface area contributed by atoms with Crippen LogP contribution in [-0.4, -0.2) is 39.7 Å². The number of methoxy groups -OCH3 is 1. The van der Waals surface area contributed by atoms with Crippen LogP contribution in [0.4, 0.5) is 0 Å². The van der Waals surface area contributed by atoms with E-state index >= 15 is 0 Å². The number of hydrogen-bond donors (Lipinski definition) is 1. The zero-order valence-corrected chi connectivity index (χ0v) is 10.6. The van der Waals surface area contributed by atoms with Crippen LogP contribution < -0.4 is 14.8 Å². The summed E-state index contributed by atoms with van der Waals surface area (Å²) in [6, 6.07) is 3.61. The van der Waals surface area contributed by atoms with Crippen molar-refractivity contribution in [1.82, 2.24) is 5.32 Å². The Hall–Kier alpha value is -1.59. The van der Waals surface area contributed by atoms with E-state index in [0.29, 0.717) is 36.9 Å². The number of benzene rings is 1. The Kier molecular flexibility index (Phi) is 4.17. The van der Waals surface area contributed by atoms with Gasteiger partial charge in [-0.2, -0.15) is 0 Å². The summed E-state index contributed by atoms with van der Waals surface area (Å²) in [5, 5.41) is 2.84. The van der Waals surface area contributed by atoms with Crippen LogP contribution in [0, 0.1) is 0 Å². The van der Waals surface area contributed by atoms with Crippen LogP contribution in [0.3, 0.4) is 0 Å². The van der Waals surface area contributed by atoms with Crippen molar-refractivity contribution in [3.8, 4) is 11.5 Å². The minimum absolute atomic E-state index is 0.0109. The summed E-state index contributed by atoms with van der Waals surface area (Å²) in [6.07, 6.45) is 0. The highest BCUT2D eigenvalue weighted by Gasteiger charge is 2.23. The molecule has 0 spiro atoms. The Bertz CT molecular complexity index is 445. The molecule has 1 aromatic rings. The van der Waals surface area contributed by atoms with E-state index in [1.165, 1.54) is 0 Å². The molecule has 1 heterocycles. The highest BCUT2D eigenvalue weighted by atomic mass is 16.6. The standard InChI is InChI=1S/C13H17NO4/c1-14-7-11(15)10-4-3-9(8-16-2)12-13(10)18-6-5-17-12/h3-4,14H,5-8H2,1-2H3. The Morgan fingerprint density at radius 3 is 2.72 bits per heavy atom. The molecule has 0 bridgehead atoms. The fourth-order valence-electron chi connectivity index (χ4n) is 1.94. The maximum atomic E-state index is 12.0. The maximum absolute atomic E-state index is 12.0. The number of ether oxygens (including phenoxy) is 3. The van der Waals surface area contributed by atoms with Gasteiger partial charge in [0.1, 0.15) is 13.2 Å². The molecule has 98 valence electrons. The van der Waals surface area contributed by atoms with Crippen LogP contribution in [-0.2, 0) is 11.3 Å². The predicted octanol–water partition coefficient (Wildman–Crippen LogP) is 1.01. The lowest BCUT2D eigenvalue weighted by molar-refractivity contribution is 0.0980. The molecule has 2 rings (SSSR count). The van der Waals surface area contributed by atoms with E-state index in [0.717, 1.165) is 5.56 Å². The van der Waals surface area contributed by atoms with Gasteiger partial charge in [-0.25, -0.2) is 0 Å². The number of nitrogens with one attached hydrogen (secondary N) is 1. The number of rotatable bonds is 5. The lowest BCUT2D eigenvalue weighted by Gasteiger charge is -2.23. The summed E-state index contributed by atoms with van der Waals surface area (Å²) in [5.41, 5.74) is 1.45. The molecule has 5 heteroatoms. The van der Waals surface area contributed by atoms with Gasteiger partial charge in [-0.15, -0.1) is 0 Å². The van der Waals surface area contributed by atoms with Crippen LogP contribution in [0.5, 0.6) is 11.5 Å². The van der Waals surface area contributed by atoms with Gasteiger partial charge in [-0.3, -0.25) is 4.79 Å². The van der Waals surface area contributed by atoms with Gasteiger partial charge in [0.15, 0.2) is 17.3 Å². The number of carbonyl (C=O) groups excluding carboxylic acids is 1. The number of fused-ring (bicyclic) bond motifs is 1. The van der Waals surface area contributed by atoms with Crippen LogP contribution in [0.1, 0.15) is 15.9 Å². The van der Waals surface area contributed by atoms with Gasteiger partial charge in [0.2, 0.25) is 0 Å². The van der Waals surface area contributed by atoms with Crippen molar-refractivity contribution in [3.63, 3.8) is 0 Å². The Labute approximate surface area is 106 Å². The van der Waals surface area contributed by atoms with Gasteiger partial charge >= 0.3 is 0 Å². The Morgan fingerprint density at radius 2 is 2.06 bits per heavy atom. The SMILES string of the molecule is CNCC(=O)c1ccc(COC)c2c1OCCO2. The zero-order chi connectivity index (χ0) is 13.0. The van der Waals surface area contributed by atoms with Gasteiger partial charge in [-0.05, 0) is 13.1 Å². The first-order chi connectivity index (χ1) is 8.77. The molecule has 18 heavy (non-hydrogen) atoms. The summed E-state index contributed by atoms with van der Waals surface area (Å²) in [7, 11) is 3.36. The average Bonchev–Trinajstić information content (AvgIpc) is 2.39. The molecule has 0 unspecified atom stereocenters. The minimum Gasteiger partial charge on any atom is -0.486 e. The quantitative estimate of drug-likeness (QED) is 0.791. The maximum Gasteiger partial charge on any atom is 0.180 e. The molecule has 0 atom stereocenters. The van der Waals surface area contributed by atoms with Crippen molar-refractivity contribution < 1.29 is 19.0 Å². The smallest absolute Gasteiger partial charge is 0.180 e. The number of ketones is 1. The second kappa shape index (κ2) is 5.84. The molecule has 5 nitrogen and oxygen atoms in total. The van der Waals surface area contributed by atoms with Gasteiger partial charge in [0.05, 0.1) is 18.7 Å². The van der Waals surface area contributed by atoms with Crippen molar-refractivity contribution in [3.05, 3.63) is 23.3 Å². The summed E-state index contributed by atoms with van der Waals surface area (Å²) in [4.78, 5) is 12.0. The first-order valence-corrected chi connectivity index (χ1v) is 5.86. The van der Waals surface area contributed by atoms with E-state index in [1.807, 2.05) is 6.07 Å². The summed E-state index contributed by atoms with van der Waals surface area (Å²) < 4.78 is 16.3.